The molecule has 0 saturated carbocycles. The van der Waals surface area contributed by atoms with Crippen LogP contribution in [0.25, 0.3) is 6.08 Å². The Morgan fingerprint density at radius 1 is 1.12 bits per heavy atom. The van der Waals surface area contributed by atoms with Crippen molar-refractivity contribution in [2.24, 2.45) is 5.10 Å². The number of ether oxygens (including phenoxy) is 1. The number of anilines is 1. The zero-order chi connectivity index (χ0) is 17.3. The fourth-order valence-corrected chi connectivity index (χ4v) is 4.71. The topological polar surface area (TPSA) is 41.9 Å². The summed E-state index contributed by atoms with van der Waals surface area (Å²) in [6, 6.07) is 13.4. The molecule has 4 nitrogen and oxygen atoms in total. The van der Waals surface area contributed by atoms with Gasteiger partial charge in [0.25, 0.3) is 5.91 Å². The third-order valence-electron chi connectivity index (χ3n) is 3.60. The second kappa shape index (κ2) is 7.22. The van der Waals surface area contributed by atoms with E-state index in [9.17, 15) is 4.79 Å². The van der Waals surface area contributed by atoms with Gasteiger partial charge in [0.2, 0.25) is 0 Å². The monoisotopic (exact) mass is 544 g/mol. The molecule has 2 aromatic carbocycles. The molecule has 3 rings (SSSR count). The average Bonchev–Trinajstić information content (AvgIpc) is 2.84. The molecule has 1 heterocycles. The minimum Gasteiger partial charge on any atom is -0.495 e. The number of carbonyl (C=O) groups is 1. The third-order valence-corrected chi connectivity index (χ3v) is 5.20. The number of benzene rings is 2. The van der Waals surface area contributed by atoms with E-state index < -0.39 is 0 Å². The van der Waals surface area contributed by atoms with Crippen LogP contribution in [0.1, 0.15) is 12.5 Å². The first kappa shape index (κ1) is 17.4. The number of methoxy groups -OCH3 is 1. The van der Waals surface area contributed by atoms with Crippen molar-refractivity contribution in [1.82, 2.24) is 0 Å². The van der Waals surface area contributed by atoms with Gasteiger partial charge in [-0.25, -0.2) is 0 Å². The van der Waals surface area contributed by atoms with Crippen LogP contribution >= 0.6 is 45.2 Å². The Kier molecular flexibility index (Phi) is 5.24. The molecule has 1 amide bonds. The maximum atomic E-state index is 12.7. The van der Waals surface area contributed by atoms with Crippen LogP contribution in [0.5, 0.6) is 5.75 Å². The first-order valence-corrected chi connectivity index (χ1v) is 9.37. The molecule has 2 aromatic rings. The van der Waals surface area contributed by atoms with E-state index in [0.29, 0.717) is 11.3 Å². The number of hydrazone groups is 1. The fourth-order valence-electron chi connectivity index (χ4n) is 2.45. The van der Waals surface area contributed by atoms with E-state index in [1.54, 1.807) is 7.11 Å². The third kappa shape index (κ3) is 3.34. The quantitative estimate of drug-likeness (QED) is 0.415. The summed E-state index contributed by atoms with van der Waals surface area (Å²) in [6.07, 6.45) is 1.88. The van der Waals surface area contributed by atoms with Gasteiger partial charge >= 0.3 is 0 Å². The number of carbonyl (C=O) groups excluding carboxylic acids is 1. The molecule has 0 N–H and O–H groups in total. The first-order chi connectivity index (χ1) is 11.5. The highest BCUT2D eigenvalue weighted by molar-refractivity contribution is 14.1. The molecule has 0 aromatic heterocycles. The van der Waals surface area contributed by atoms with Crippen LogP contribution in [0.4, 0.5) is 5.69 Å². The van der Waals surface area contributed by atoms with E-state index in [2.05, 4.69) is 50.3 Å². The van der Waals surface area contributed by atoms with Crippen molar-refractivity contribution in [3.05, 3.63) is 60.7 Å². The number of halogens is 2. The van der Waals surface area contributed by atoms with E-state index in [4.69, 9.17) is 4.74 Å². The zero-order valence-corrected chi connectivity index (χ0v) is 17.4. The standard InChI is InChI=1S/C18H14I2N2O2/c1-11-14(8-12-9-15(19)17(24-2)16(20)10-12)18(23)22(21-11)13-6-4-3-5-7-13/h3-10H,1-2H3/b14-8+. The van der Waals surface area contributed by atoms with Crippen LogP contribution < -0.4 is 9.75 Å². The summed E-state index contributed by atoms with van der Waals surface area (Å²) in [5.74, 6) is 0.743. The molecular formula is C18H14I2N2O2. The Bertz CT molecular complexity index is 838. The summed E-state index contributed by atoms with van der Waals surface area (Å²) in [7, 11) is 1.66. The lowest BCUT2D eigenvalue weighted by molar-refractivity contribution is -0.114. The van der Waals surface area contributed by atoms with Gasteiger partial charge in [-0.2, -0.15) is 10.1 Å². The normalized spacial score (nSPS) is 15.8. The maximum Gasteiger partial charge on any atom is 0.280 e. The molecular weight excluding hydrogens is 530 g/mol. The minimum atomic E-state index is -0.112. The number of amides is 1. The number of nitrogens with zero attached hydrogens (tertiary/aromatic N) is 2. The predicted molar refractivity (Wildman–Crippen MR) is 113 cm³/mol. The van der Waals surface area contributed by atoms with Crippen LogP contribution in [-0.2, 0) is 4.79 Å². The molecule has 0 spiro atoms. The summed E-state index contributed by atoms with van der Waals surface area (Å²) in [6.45, 7) is 1.85. The second-order valence-corrected chi connectivity index (χ2v) is 7.54. The molecule has 0 atom stereocenters. The molecule has 0 fully saturated rings. The molecule has 1 aliphatic rings. The van der Waals surface area contributed by atoms with Crippen molar-refractivity contribution >= 4 is 68.6 Å². The smallest absolute Gasteiger partial charge is 0.280 e. The summed E-state index contributed by atoms with van der Waals surface area (Å²) in [5, 5.41) is 5.84. The lowest BCUT2D eigenvalue weighted by Crippen LogP contribution is -2.21. The van der Waals surface area contributed by atoms with Crippen LogP contribution in [0.15, 0.2) is 53.1 Å². The lowest BCUT2D eigenvalue weighted by Gasteiger charge is -2.11. The Morgan fingerprint density at radius 2 is 1.75 bits per heavy atom. The summed E-state index contributed by atoms with van der Waals surface area (Å²) in [4.78, 5) is 12.7. The molecule has 0 saturated heterocycles. The van der Waals surface area contributed by atoms with Crippen molar-refractivity contribution in [3.63, 3.8) is 0 Å². The number of para-hydroxylation sites is 1. The van der Waals surface area contributed by atoms with Crippen LogP contribution in [0.2, 0.25) is 0 Å². The van der Waals surface area contributed by atoms with Gasteiger partial charge in [0.15, 0.2) is 0 Å². The van der Waals surface area contributed by atoms with Gasteiger partial charge in [-0.15, -0.1) is 0 Å². The SMILES string of the molecule is COc1c(I)cc(/C=C2/C(=O)N(c3ccccc3)N=C2C)cc1I. The van der Waals surface area contributed by atoms with Crippen molar-refractivity contribution in [3.8, 4) is 5.75 Å². The van der Waals surface area contributed by atoms with Gasteiger partial charge in [0.1, 0.15) is 5.75 Å². The molecule has 122 valence electrons. The van der Waals surface area contributed by atoms with Crippen molar-refractivity contribution < 1.29 is 9.53 Å². The number of hydrogen-bond acceptors (Lipinski definition) is 3. The van der Waals surface area contributed by atoms with Gasteiger partial charge in [0, 0.05) is 0 Å². The highest BCUT2D eigenvalue weighted by Crippen LogP contribution is 2.30. The molecule has 1 aliphatic heterocycles. The molecule has 0 bridgehead atoms. The molecule has 0 radical (unpaired) electrons. The van der Waals surface area contributed by atoms with E-state index >= 15 is 0 Å². The van der Waals surface area contributed by atoms with Crippen LogP contribution in [-0.4, -0.2) is 18.7 Å². The van der Waals surface area contributed by atoms with Crippen molar-refractivity contribution in [2.75, 3.05) is 12.1 Å². The zero-order valence-electron chi connectivity index (χ0n) is 13.1. The van der Waals surface area contributed by atoms with Gasteiger partial charge in [-0.1, -0.05) is 18.2 Å². The average molecular weight is 544 g/mol. The van der Waals surface area contributed by atoms with Crippen molar-refractivity contribution in [1.29, 1.82) is 0 Å². The number of hydrogen-bond donors (Lipinski definition) is 0. The van der Waals surface area contributed by atoms with Gasteiger partial charge in [-0.3, -0.25) is 4.79 Å². The highest BCUT2D eigenvalue weighted by atomic mass is 127. The summed E-state index contributed by atoms with van der Waals surface area (Å²) < 4.78 is 7.40. The van der Waals surface area contributed by atoms with E-state index in [0.717, 1.165) is 24.1 Å². The summed E-state index contributed by atoms with van der Waals surface area (Å²) in [5.41, 5.74) is 3.04. The van der Waals surface area contributed by atoms with E-state index in [-0.39, 0.29) is 5.91 Å². The second-order valence-electron chi connectivity index (χ2n) is 5.21. The molecule has 6 heteroatoms. The Morgan fingerprint density at radius 3 is 2.33 bits per heavy atom. The maximum absolute atomic E-state index is 12.7. The van der Waals surface area contributed by atoms with Gasteiger partial charge < -0.3 is 4.74 Å². The lowest BCUT2D eigenvalue weighted by atomic mass is 10.1. The predicted octanol–water partition coefficient (Wildman–Crippen LogP) is 4.71. The Labute approximate surface area is 167 Å². The van der Waals surface area contributed by atoms with E-state index in [1.807, 2.05) is 55.5 Å². The van der Waals surface area contributed by atoms with Crippen LogP contribution in [0, 0.1) is 7.14 Å². The first-order valence-electron chi connectivity index (χ1n) is 7.21. The minimum absolute atomic E-state index is 0.112. The van der Waals surface area contributed by atoms with E-state index in [1.165, 1.54) is 5.01 Å². The largest absolute Gasteiger partial charge is 0.495 e. The Balaban J connectivity index is 1.97. The van der Waals surface area contributed by atoms with Crippen molar-refractivity contribution in [2.45, 2.75) is 6.92 Å². The molecule has 0 aliphatic carbocycles. The summed E-state index contributed by atoms with van der Waals surface area (Å²) >= 11 is 4.48. The molecule has 0 unspecified atom stereocenters. The number of rotatable bonds is 3. The fraction of sp³-hybridized carbons (Fsp3) is 0.111. The van der Waals surface area contributed by atoms with Gasteiger partial charge in [0.05, 0.1) is 31.2 Å². The highest BCUT2D eigenvalue weighted by Gasteiger charge is 2.28. The van der Waals surface area contributed by atoms with Gasteiger partial charge in [-0.05, 0) is 88.0 Å². The Hall–Kier alpha value is -1.42. The molecule has 24 heavy (non-hydrogen) atoms. The van der Waals surface area contributed by atoms with Crippen LogP contribution in [0.3, 0.4) is 0 Å².